The number of primary amides is 1. The van der Waals surface area contributed by atoms with E-state index in [1.165, 1.54) is 4.31 Å². The van der Waals surface area contributed by atoms with E-state index >= 15 is 0 Å². The maximum atomic E-state index is 12.1. The Balaban J connectivity index is 2.06. The van der Waals surface area contributed by atoms with Gasteiger partial charge in [0.2, 0.25) is 15.9 Å². The normalized spacial score (nSPS) is 27.9. The van der Waals surface area contributed by atoms with Gasteiger partial charge in [-0.05, 0) is 31.6 Å². The summed E-state index contributed by atoms with van der Waals surface area (Å²) in [6, 6.07) is -0.606. The molecule has 0 aromatic rings. The zero-order valence-electron chi connectivity index (χ0n) is 9.26. The fourth-order valence-corrected chi connectivity index (χ4v) is 4.54. The zero-order chi connectivity index (χ0) is 11.8. The Bertz CT molecular complexity index is 376. The first-order chi connectivity index (χ1) is 7.50. The highest BCUT2D eigenvalue weighted by Crippen LogP contribution is 2.30. The van der Waals surface area contributed by atoms with Crippen LogP contribution in [0.25, 0.3) is 0 Å². The SMILES string of the molecule is NC(=O)C1CCCN1S(=O)(=O)CC1CCC1. The number of carbonyl (C=O) groups is 1. The number of sulfonamides is 1. The average Bonchev–Trinajstić information content (AvgIpc) is 2.60. The van der Waals surface area contributed by atoms with Crippen molar-refractivity contribution in [2.45, 2.75) is 38.1 Å². The summed E-state index contributed by atoms with van der Waals surface area (Å²) in [5.41, 5.74) is 5.22. The van der Waals surface area contributed by atoms with Crippen LogP contribution < -0.4 is 5.73 Å². The highest BCUT2D eigenvalue weighted by molar-refractivity contribution is 7.89. The number of nitrogens with two attached hydrogens (primary N) is 1. The van der Waals surface area contributed by atoms with Gasteiger partial charge in [0.05, 0.1) is 5.75 Å². The molecule has 6 heteroatoms. The number of hydrogen-bond acceptors (Lipinski definition) is 3. The van der Waals surface area contributed by atoms with Gasteiger partial charge >= 0.3 is 0 Å². The average molecular weight is 246 g/mol. The van der Waals surface area contributed by atoms with E-state index in [2.05, 4.69) is 0 Å². The van der Waals surface area contributed by atoms with Gasteiger partial charge in [0.1, 0.15) is 6.04 Å². The first kappa shape index (κ1) is 11.9. The Morgan fingerprint density at radius 3 is 2.44 bits per heavy atom. The summed E-state index contributed by atoms with van der Waals surface area (Å²) in [6.45, 7) is 0.447. The van der Waals surface area contributed by atoms with Crippen LogP contribution in [0.1, 0.15) is 32.1 Å². The molecule has 1 unspecified atom stereocenters. The molecule has 1 aliphatic carbocycles. The minimum absolute atomic E-state index is 0.191. The number of rotatable bonds is 4. The third-order valence-electron chi connectivity index (χ3n) is 3.56. The molecule has 0 spiro atoms. The maximum Gasteiger partial charge on any atom is 0.235 e. The number of amides is 1. The third-order valence-corrected chi connectivity index (χ3v) is 5.60. The molecule has 0 aromatic carbocycles. The number of nitrogens with zero attached hydrogens (tertiary/aromatic N) is 1. The largest absolute Gasteiger partial charge is 0.368 e. The van der Waals surface area contributed by atoms with E-state index in [0.717, 1.165) is 25.7 Å². The molecule has 1 heterocycles. The summed E-state index contributed by atoms with van der Waals surface area (Å²) in [5, 5.41) is 0. The lowest BCUT2D eigenvalue weighted by Crippen LogP contribution is -2.45. The Labute approximate surface area is 96.0 Å². The van der Waals surface area contributed by atoms with Crippen LogP contribution in [0.15, 0.2) is 0 Å². The number of carbonyl (C=O) groups excluding carboxylic acids is 1. The van der Waals surface area contributed by atoms with E-state index in [1.807, 2.05) is 0 Å². The van der Waals surface area contributed by atoms with Gasteiger partial charge in [0.15, 0.2) is 0 Å². The van der Waals surface area contributed by atoms with E-state index in [-0.39, 0.29) is 5.75 Å². The van der Waals surface area contributed by atoms with Gasteiger partial charge in [-0.15, -0.1) is 0 Å². The van der Waals surface area contributed by atoms with Gasteiger partial charge in [0, 0.05) is 6.54 Å². The van der Waals surface area contributed by atoms with Gasteiger partial charge in [0.25, 0.3) is 0 Å². The van der Waals surface area contributed by atoms with Crippen LogP contribution in [0.3, 0.4) is 0 Å². The van der Waals surface area contributed by atoms with E-state index in [9.17, 15) is 13.2 Å². The van der Waals surface area contributed by atoms with Crippen molar-refractivity contribution in [3.63, 3.8) is 0 Å². The van der Waals surface area contributed by atoms with Gasteiger partial charge in [-0.3, -0.25) is 4.79 Å². The molecule has 1 aliphatic heterocycles. The Kier molecular flexibility index (Phi) is 3.21. The lowest BCUT2D eigenvalue weighted by Gasteiger charge is -2.29. The van der Waals surface area contributed by atoms with Gasteiger partial charge in [-0.1, -0.05) is 6.42 Å². The van der Waals surface area contributed by atoms with Gasteiger partial charge in [-0.25, -0.2) is 8.42 Å². The van der Waals surface area contributed by atoms with Crippen LogP contribution in [0.4, 0.5) is 0 Å². The molecule has 1 saturated carbocycles. The Morgan fingerprint density at radius 2 is 1.94 bits per heavy atom. The van der Waals surface area contributed by atoms with Crippen molar-refractivity contribution in [3.05, 3.63) is 0 Å². The maximum absolute atomic E-state index is 12.1. The van der Waals surface area contributed by atoms with E-state index in [0.29, 0.717) is 18.9 Å². The molecule has 0 bridgehead atoms. The van der Waals surface area contributed by atoms with Crippen molar-refractivity contribution in [2.24, 2.45) is 11.7 Å². The molecule has 1 amide bonds. The van der Waals surface area contributed by atoms with Crippen LogP contribution in [0.5, 0.6) is 0 Å². The van der Waals surface area contributed by atoms with E-state index in [1.54, 1.807) is 0 Å². The Morgan fingerprint density at radius 1 is 1.25 bits per heavy atom. The fraction of sp³-hybridized carbons (Fsp3) is 0.900. The second-order valence-corrected chi connectivity index (χ2v) is 6.71. The molecule has 2 aliphatic rings. The van der Waals surface area contributed by atoms with Crippen molar-refractivity contribution in [1.82, 2.24) is 4.31 Å². The van der Waals surface area contributed by atoms with Crippen molar-refractivity contribution < 1.29 is 13.2 Å². The summed E-state index contributed by atoms with van der Waals surface area (Å²) in [7, 11) is -3.28. The molecular weight excluding hydrogens is 228 g/mol. The molecule has 1 saturated heterocycles. The molecule has 0 radical (unpaired) electrons. The molecule has 2 rings (SSSR count). The monoisotopic (exact) mass is 246 g/mol. The first-order valence-electron chi connectivity index (χ1n) is 5.79. The molecule has 2 N–H and O–H groups in total. The van der Waals surface area contributed by atoms with Crippen LogP contribution in [-0.2, 0) is 14.8 Å². The minimum Gasteiger partial charge on any atom is -0.368 e. The van der Waals surface area contributed by atoms with Crippen LogP contribution in [0, 0.1) is 5.92 Å². The minimum atomic E-state index is -3.28. The quantitative estimate of drug-likeness (QED) is 0.762. The summed E-state index contributed by atoms with van der Waals surface area (Å²) in [5.74, 6) is -0.0367. The molecule has 5 nitrogen and oxygen atoms in total. The summed E-state index contributed by atoms with van der Waals surface area (Å²) in [6.07, 6.45) is 4.42. The van der Waals surface area contributed by atoms with Crippen LogP contribution in [0.2, 0.25) is 0 Å². The molecule has 16 heavy (non-hydrogen) atoms. The third kappa shape index (κ3) is 2.22. The van der Waals surface area contributed by atoms with Crippen molar-refractivity contribution in [2.75, 3.05) is 12.3 Å². The first-order valence-corrected chi connectivity index (χ1v) is 7.40. The van der Waals surface area contributed by atoms with Crippen molar-refractivity contribution >= 4 is 15.9 Å². The smallest absolute Gasteiger partial charge is 0.235 e. The summed E-state index contributed by atoms with van der Waals surface area (Å²) >= 11 is 0. The molecule has 1 atom stereocenters. The van der Waals surface area contributed by atoms with Crippen LogP contribution >= 0.6 is 0 Å². The topological polar surface area (TPSA) is 80.5 Å². The van der Waals surface area contributed by atoms with Gasteiger partial charge in [-0.2, -0.15) is 4.31 Å². The predicted molar refractivity (Wildman–Crippen MR) is 60.1 cm³/mol. The highest BCUT2D eigenvalue weighted by Gasteiger charge is 2.39. The highest BCUT2D eigenvalue weighted by atomic mass is 32.2. The second kappa shape index (κ2) is 4.33. The molecule has 0 aromatic heterocycles. The van der Waals surface area contributed by atoms with E-state index < -0.39 is 22.0 Å². The number of hydrogen-bond donors (Lipinski definition) is 1. The molecule has 2 fully saturated rings. The van der Waals surface area contributed by atoms with Crippen molar-refractivity contribution in [3.8, 4) is 0 Å². The van der Waals surface area contributed by atoms with Crippen LogP contribution in [-0.4, -0.2) is 37.0 Å². The standard InChI is InChI=1S/C10H18N2O3S/c11-10(13)9-5-2-6-12(9)16(14,15)7-8-3-1-4-8/h8-9H,1-7H2,(H2,11,13). The van der Waals surface area contributed by atoms with Gasteiger partial charge < -0.3 is 5.73 Å². The molecule has 92 valence electrons. The lowest BCUT2D eigenvalue weighted by molar-refractivity contribution is -0.121. The Hall–Kier alpha value is -0.620. The molecular formula is C10H18N2O3S. The zero-order valence-corrected chi connectivity index (χ0v) is 10.1. The second-order valence-electron chi connectivity index (χ2n) is 4.75. The lowest BCUT2D eigenvalue weighted by atomic mass is 9.87. The fourth-order valence-electron chi connectivity index (χ4n) is 2.41. The van der Waals surface area contributed by atoms with Crippen molar-refractivity contribution in [1.29, 1.82) is 0 Å². The predicted octanol–water partition coefficient (Wildman–Crippen LogP) is 0.0660. The van der Waals surface area contributed by atoms with E-state index in [4.69, 9.17) is 5.73 Å². The summed E-state index contributed by atoms with van der Waals surface area (Å²) in [4.78, 5) is 11.1. The summed E-state index contributed by atoms with van der Waals surface area (Å²) < 4.78 is 25.5.